The molecule has 94 valence electrons. The van der Waals surface area contributed by atoms with E-state index in [9.17, 15) is 4.79 Å². The Hall–Kier alpha value is -2.08. The van der Waals surface area contributed by atoms with E-state index in [2.05, 4.69) is 25.6 Å². The van der Waals surface area contributed by atoms with Gasteiger partial charge in [0.2, 0.25) is 0 Å². The zero-order chi connectivity index (χ0) is 13.0. The van der Waals surface area contributed by atoms with E-state index >= 15 is 0 Å². The summed E-state index contributed by atoms with van der Waals surface area (Å²) < 4.78 is 0. The fraction of sp³-hybridized carbons (Fsp3) is 0.182. The number of anilines is 1. The van der Waals surface area contributed by atoms with Crippen molar-refractivity contribution in [2.45, 2.75) is 6.54 Å². The van der Waals surface area contributed by atoms with Gasteiger partial charge in [-0.15, -0.1) is 0 Å². The van der Waals surface area contributed by atoms with Gasteiger partial charge >= 0.3 is 0 Å². The Bertz CT molecular complexity index is 540. The van der Waals surface area contributed by atoms with Gasteiger partial charge in [-0.3, -0.25) is 4.79 Å². The van der Waals surface area contributed by atoms with E-state index < -0.39 is 0 Å². The normalized spacial score (nSPS) is 10.1. The Labute approximate surface area is 109 Å². The van der Waals surface area contributed by atoms with Crippen LogP contribution < -0.4 is 10.6 Å². The predicted molar refractivity (Wildman–Crippen MR) is 68.6 cm³/mol. The number of pyridine rings is 1. The molecule has 2 aromatic rings. The maximum Gasteiger partial charge on any atom is 0.253 e. The van der Waals surface area contributed by atoms with Gasteiger partial charge in [0.1, 0.15) is 11.6 Å². The van der Waals surface area contributed by atoms with E-state index in [0.29, 0.717) is 28.8 Å². The van der Waals surface area contributed by atoms with Crippen LogP contribution in [0.4, 0.5) is 5.82 Å². The zero-order valence-corrected chi connectivity index (χ0v) is 10.5. The Morgan fingerprint density at radius 1 is 1.50 bits per heavy atom. The standard InChI is InChI=1S/C11H12ClN5O/c1-13-10-8(12)4-7(5-16-10)11(18)17-6-9-14-2-3-15-9/h2-5H,6H2,1H3,(H,13,16)(H,14,15)(H,17,18). The number of aromatic amines is 1. The molecular formula is C11H12ClN5O. The Morgan fingerprint density at radius 2 is 2.33 bits per heavy atom. The second-order valence-electron chi connectivity index (χ2n) is 3.52. The van der Waals surface area contributed by atoms with E-state index in [0.717, 1.165) is 0 Å². The van der Waals surface area contributed by atoms with Crippen LogP contribution in [0.3, 0.4) is 0 Å². The molecule has 0 aromatic carbocycles. The summed E-state index contributed by atoms with van der Waals surface area (Å²) in [5, 5.41) is 5.95. The third kappa shape index (κ3) is 2.78. The van der Waals surface area contributed by atoms with Gasteiger partial charge in [-0.25, -0.2) is 9.97 Å². The van der Waals surface area contributed by atoms with Crippen molar-refractivity contribution in [3.8, 4) is 0 Å². The minimum atomic E-state index is -0.247. The lowest BCUT2D eigenvalue weighted by Crippen LogP contribution is -2.23. The molecule has 0 aliphatic heterocycles. The number of halogens is 1. The van der Waals surface area contributed by atoms with Crippen LogP contribution in [-0.4, -0.2) is 27.9 Å². The zero-order valence-electron chi connectivity index (χ0n) is 9.70. The van der Waals surface area contributed by atoms with Crippen molar-refractivity contribution < 1.29 is 4.79 Å². The van der Waals surface area contributed by atoms with E-state index in [4.69, 9.17) is 11.6 Å². The number of aromatic nitrogens is 3. The van der Waals surface area contributed by atoms with Crippen molar-refractivity contribution in [3.63, 3.8) is 0 Å². The summed E-state index contributed by atoms with van der Waals surface area (Å²) in [5.74, 6) is 0.983. The molecule has 0 unspecified atom stereocenters. The van der Waals surface area contributed by atoms with Crippen LogP contribution in [-0.2, 0) is 6.54 Å². The molecule has 2 heterocycles. The SMILES string of the molecule is CNc1ncc(C(=O)NCc2ncc[nH]2)cc1Cl. The highest BCUT2D eigenvalue weighted by Crippen LogP contribution is 2.19. The Balaban J connectivity index is 2.02. The second kappa shape index (κ2) is 5.50. The summed E-state index contributed by atoms with van der Waals surface area (Å²) in [6, 6.07) is 1.57. The first-order valence-electron chi connectivity index (χ1n) is 5.30. The van der Waals surface area contributed by atoms with Crippen LogP contribution >= 0.6 is 11.6 Å². The summed E-state index contributed by atoms with van der Waals surface area (Å²) in [5.41, 5.74) is 0.408. The molecular weight excluding hydrogens is 254 g/mol. The van der Waals surface area contributed by atoms with Gasteiger partial charge in [-0.2, -0.15) is 0 Å². The van der Waals surface area contributed by atoms with Crippen LogP contribution in [0.2, 0.25) is 5.02 Å². The molecule has 1 amide bonds. The van der Waals surface area contributed by atoms with E-state index in [1.165, 1.54) is 6.20 Å². The van der Waals surface area contributed by atoms with Gasteiger partial charge in [0.25, 0.3) is 5.91 Å². The molecule has 0 saturated heterocycles. The molecule has 0 aliphatic carbocycles. The minimum absolute atomic E-state index is 0.247. The van der Waals surface area contributed by atoms with Crippen LogP contribution in [0.5, 0.6) is 0 Å². The second-order valence-corrected chi connectivity index (χ2v) is 3.93. The molecule has 18 heavy (non-hydrogen) atoms. The van der Waals surface area contributed by atoms with Crippen molar-refractivity contribution in [2.75, 3.05) is 12.4 Å². The van der Waals surface area contributed by atoms with Crippen LogP contribution in [0.15, 0.2) is 24.7 Å². The van der Waals surface area contributed by atoms with E-state index in [-0.39, 0.29) is 5.91 Å². The first-order chi connectivity index (χ1) is 8.70. The third-order valence-corrected chi connectivity index (χ3v) is 2.60. The van der Waals surface area contributed by atoms with Crippen molar-refractivity contribution in [1.82, 2.24) is 20.3 Å². The third-order valence-electron chi connectivity index (χ3n) is 2.31. The number of carbonyl (C=O) groups is 1. The largest absolute Gasteiger partial charge is 0.372 e. The lowest BCUT2D eigenvalue weighted by Gasteiger charge is -2.06. The fourth-order valence-electron chi connectivity index (χ4n) is 1.41. The molecule has 0 radical (unpaired) electrons. The quantitative estimate of drug-likeness (QED) is 0.781. The molecule has 0 aliphatic rings. The molecule has 7 heteroatoms. The number of nitrogens with zero attached hydrogens (tertiary/aromatic N) is 2. The highest BCUT2D eigenvalue weighted by atomic mass is 35.5. The molecule has 2 aromatic heterocycles. The van der Waals surface area contributed by atoms with Gasteiger partial charge in [0, 0.05) is 25.6 Å². The minimum Gasteiger partial charge on any atom is -0.372 e. The van der Waals surface area contributed by atoms with Gasteiger partial charge in [-0.05, 0) is 6.07 Å². The average molecular weight is 266 g/mol. The van der Waals surface area contributed by atoms with Gasteiger partial charge in [-0.1, -0.05) is 11.6 Å². The molecule has 2 rings (SSSR count). The lowest BCUT2D eigenvalue weighted by molar-refractivity contribution is 0.0949. The molecule has 3 N–H and O–H groups in total. The first-order valence-corrected chi connectivity index (χ1v) is 5.68. The molecule has 0 saturated carbocycles. The first kappa shape index (κ1) is 12.4. The number of amides is 1. The van der Waals surface area contributed by atoms with Crippen LogP contribution in [0.1, 0.15) is 16.2 Å². The molecule has 6 nitrogen and oxygen atoms in total. The van der Waals surface area contributed by atoms with Crippen molar-refractivity contribution in [2.24, 2.45) is 0 Å². The van der Waals surface area contributed by atoms with Gasteiger partial charge in [0.05, 0.1) is 17.1 Å². The molecule has 0 atom stereocenters. The number of hydrogen-bond acceptors (Lipinski definition) is 4. The Kier molecular flexibility index (Phi) is 3.78. The summed E-state index contributed by atoms with van der Waals surface area (Å²) >= 11 is 5.95. The topological polar surface area (TPSA) is 82.7 Å². The molecule has 0 spiro atoms. The summed E-state index contributed by atoms with van der Waals surface area (Å²) in [4.78, 5) is 22.8. The van der Waals surface area contributed by atoms with E-state index in [1.807, 2.05) is 0 Å². The summed E-state index contributed by atoms with van der Waals surface area (Å²) in [7, 11) is 1.71. The van der Waals surface area contributed by atoms with Gasteiger partial charge in [0.15, 0.2) is 0 Å². The van der Waals surface area contributed by atoms with Gasteiger partial charge < -0.3 is 15.6 Å². The van der Waals surface area contributed by atoms with Crippen LogP contribution in [0, 0.1) is 0 Å². The number of hydrogen-bond donors (Lipinski definition) is 3. The average Bonchev–Trinajstić information content (AvgIpc) is 2.89. The smallest absolute Gasteiger partial charge is 0.253 e. The van der Waals surface area contributed by atoms with E-state index in [1.54, 1.807) is 25.5 Å². The summed E-state index contributed by atoms with van der Waals surface area (Å²) in [6.45, 7) is 0.331. The highest BCUT2D eigenvalue weighted by Gasteiger charge is 2.09. The maximum atomic E-state index is 11.8. The number of H-pyrrole nitrogens is 1. The van der Waals surface area contributed by atoms with Crippen molar-refractivity contribution in [3.05, 3.63) is 41.1 Å². The molecule has 0 fully saturated rings. The molecule has 0 bridgehead atoms. The van der Waals surface area contributed by atoms with Crippen LogP contribution in [0.25, 0.3) is 0 Å². The number of imidazole rings is 1. The highest BCUT2D eigenvalue weighted by molar-refractivity contribution is 6.33. The Morgan fingerprint density at radius 3 is 2.94 bits per heavy atom. The fourth-order valence-corrected chi connectivity index (χ4v) is 1.67. The maximum absolute atomic E-state index is 11.8. The lowest BCUT2D eigenvalue weighted by atomic mass is 10.2. The number of carbonyl (C=O) groups excluding carboxylic acids is 1. The number of nitrogens with one attached hydrogen (secondary N) is 3. The summed E-state index contributed by atoms with van der Waals surface area (Å²) in [6.07, 6.45) is 4.79. The monoisotopic (exact) mass is 265 g/mol. The number of rotatable bonds is 4. The predicted octanol–water partition coefficient (Wildman–Crippen LogP) is 1.43. The van der Waals surface area contributed by atoms with Crippen molar-refractivity contribution >= 4 is 23.3 Å². The van der Waals surface area contributed by atoms with Crippen molar-refractivity contribution in [1.29, 1.82) is 0 Å².